The van der Waals surface area contributed by atoms with Gasteiger partial charge in [-0.1, -0.05) is 42.5 Å². The quantitative estimate of drug-likeness (QED) is 0.598. The number of benzene rings is 3. The Bertz CT molecular complexity index is 1190. The maximum absolute atomic E-state index is 12.3. The fourth-order valence-electron chi connectivity index (χ4n) is 3.28. The molecule has 30 heavy (non-hydrogen) atoms. The van der Waals surface area contributed by atoms with Crippen molar-refractivity contribution in [3.8, 4) is 0 Å². The van der Waals surface area contributed by atoms with Crippen LogP contribution in [0.25, 0.3) is 0 Å². The van der Waals surface area contributed by atoms with Gasteiger partial charge in [0, 0.05) is 23.4 Å². The van der Waals surface area contributed by atoms with Gasteiger partial charge in [-0.25, -0.2) is 0 Å². The van der Waals surface area contributed by atoms with Crippen molar-refractivity contribution in [3.05, 3.63) is 95.6 Å². The van der Waals surface area contributed by atoms with Gasteiger partial charge < -0.3 is 10.6 Å². The summed E-state index contributed by atoms with van der Waals surface area (Å²) in [5.74, 6) is 0.143. The average molecular weight is 420 g/mol. The van der Waals surface area contributed by atoms with Gasteiger partial charge in [-0.2, -0.15) is 8.42 Å². The molecule has 1 aliphatic heterocycles. The molecule has 0 bridgehead atoms. The maximum Gasteiger partial charge on any atom is 0.285 e. The Morgan fingerprint density at radius 2 is 1.57 bits per heavy atom. The summed E-state index contributed by atoms with van der Waals surface area (Å²) in [6, 6.07) is 23.7. The van der Waals surface area contributed by atoms with E-state index in [0.717, 1.165) is 12.8 Å². The monoisotopic (exact) mass is 419 g/mol. The molecule has 0 aliphatic carbocycles. The maximum atomic E-state index is 12.3. The van der Waals surface area contributed by atoms with Crippen molar-refractivity contribution in [2.45, 2.75) is 17.7 Å². The van der Waals surface area contributed by atoms with E-state index in [1.165, 1.54) is 11.6 Å². The number of amides is 1. The fourth-order valence-corrected chi connectivity index (χ4v) is 4.45. The van der Waals surface area contributed by atoms with Gasteiger partial charge in [0.05, 0.1) is 0 Å². The summed E-state index contributed by atoms with van der Waals surface area (Å²) in [6.45, 7) is 0.596. The van der Waals surface area contributed by atoms with E-state index < -0.39 is 10.0 Å². The van der Waals surface area contributed by atoms with Crippen LogP contribution in [0.5, 0.6) is 0 Å². The van der Waals surface area contributed by atoms with Crippen LogP contribution in [0.4, 0.5) is 5.69 Å². The van der Waals surface area contributed by atoms with Crippen LogP contribution in [0, 0.1) is 0 Å². The smallest absolute Gasteiger partial charge is 0.285 e. The average Bonchev–Trinajstić information content (AvgIpc) is 3.02. The number of nitrogens with one attached hydrogen (secondary N) is 2. The first kappa shape index (κ1) is 19.8. The van der Waals surface area contributed by atoms with Crippen LogP contribution in [-0.2, 0) is 16.4 Å². The predicted octanol–water partition coefficient (Wildman–Crippen LogP) is 3.61. The predicted molar refractivity (Wildman–Crippen MR) is 117 cm³/mol. The van der Waals surface area contributed by atoms with Crippen molar-refractivity contribution < 1.29 is 13.2 Å². The summed E-state index contributed by atoms with van der Waals surface area (Å²) in [5, 5.41) is 5.95. The number of nitrogens with zero attached hydrogens (tertiary/aromatic N) is 1. The lowest BCUT2D eigenvalue weighted by Crippen LogP contribution is -2.24. The number of hydrogen-bond donors (Lipinski definition) is 2. The van der Waals surface area contributed by atoms with Crippen molar-refractivity contribution in [3.63, 3.8) is 0 Å². The summed E-state index contributed by atoms with van der Waals surface area (Å²) in [5.41, 5.74) is 2.99. The van der Waals surface area contributed by atoms with E-state index >= 15 is 0 Å². The van der Waals surface area contributed by atoms with E-state index in [4.69, 9.17) is 0 Å². The van der Waals surface area contributed by atoms with Crippen LogP contribution in [-0.4, -0.2) is 26.7 Å². The van der Waals surface area contributed by atoms with E-state index in [9.17, 15) is 13.2 Å². The van der Waals surface area contributed by atoms with Gasteiger partial charge in [0.1, 0.15) is 4.90 Å². The molecule has 0 saturated heterocycles. The number of fused-ring (bicyclic) bond motifs is 1. The molecule has 0 aromatic heterocycles. The third-order valence-corrected chi connectivity index (χ3v) is 6.15. The summed E-state index contributed by atoms with van der Waals surface area (Å²) in [4.78, 5) is 12.5. The van der Waals surface area contributed by atoms with E-state index in [-0.39, 0.29) is 16.6 Å². The van der Waals surface area contributed by atoms with E-state index in [1.54, 1.807) is 42.5 Å². The molecular weight excluding hydrogens is 398 g/mol. The molecule has 3 aromatic rings. The Morgan fingerprint density at radius 3 is 2.33 bits per heavy atom. The van der Waals surface area contributed by atoms with E-state index in [1.807, 2.05) is 18.2 Å². The zero-order chi connectivity index (χ0) is 21.0. The molecule has 0 atom stereocenters. The van der Waals surface area contributed by atoms with Gasteiger partial charge in [0.25, 0.3) is 15.9 Å². The first-order valence-electron chi connectivity index (χ1n) is 9.66. The highest BCUT2D eigenvalue weighted by molar-refractivity contribution is 7.90. The number of carbonyl (C=O) groups excluding carboxylic acids is 1. The van der Waals surface area contributed by atoms with Crippen molar-refractivity contribution >= 4 is 27.5 Å². The summed E-state index contributed by atoms with van der Waals surface area (Å²) in [6.07, 6.45) is 1.78. The third-order valence-electron chi connectivity index (χ3n) is 4.81. The minimum Gasteiger partial charge on any atom is -0.352 e. The first-order chi connectivity index (χ1) is 14.5. The van der Waals surface area contributed by atoms with Crippen LogP contribution in [0.1, 0.15) is 27.9 Å². The number of aryl methyl sites for hydroxylation is 1. The SMILES string of the molecule is O=C(NCCCc1ccccc1)c1ccc(NC2=NS(=O)(=O)c3ccccc32)cc1. The summed E-state index contributed by atoms with van der Waals surface area (Å²) in [7, 11) is -3.67. The standard InChI is InChI=1S/C23H21N3O3S/c27-23(24-16-6-9-17-7-2-1-3-8-17)18-12-14-19(15-13-18)25-22-20-10-4-5-11-21(20)30(28,29)26-22/h1-5,7-8,10-15H,6,9,16H2,(H,24,27)(H,25,26). The van der Waals surface area contributed by atoms with Crippen LogP contribution < -0.4 is 10.6 Å². The zero-order valence-electron chi connectivity index (χ0n) is 16.2. The molecule has 1 amide bonds. The number of sulfonamides is 1. The lowest BCUT2D eigenvalue weighted by atomic mass is 10.1. The third kappa shape index (κ3) is 4.41. The highest BCUT2D eigenvalue weighted by Crippen LogP contribution is 2.26. The molecule has 3 aromatic carbocycles. The van der Waals surface area contributed by atoms with Crippen LogP contribution in [0.3, 0.4) is 0 Å². The van der Waals surface area contributed by atoms with E-state index in [0.29, 0.717) is 23.4 Å². The molecule has 1 aliphatic rings. The Hall–Kier alpha value is -3.45. The second-order valence-electron chi connectivity index (χ2n) is 6.96. The molecule has 6 nitrogen and oxygen atoms in total. The Kier molecular flexibility index (Phi) is 5.63. The van der Waals surface area contributed by atoms with Crippen molar-refractivity contribution in [1.29, 1.82) is 0 Å². The molecular formula is C23H21N3O3S. The van der Waals surface area contributed by atoms with Crippen LogP contribution in [0.15, 0.2) is 88.2 Å². The number of hydrogen-bond acceptors (Lipinski definition) is 4. The van der Waals surface area contributed by atoms with Crippen molar-refractivity contribution in [1.82, 2.24) is 5.32 Å². The van der Waals surface area contributed by atoms with Crippen molar-refractivity contribution in [2.75, 3.05) is 11.9 Å². The first-order valence-corrected chi connectivity index (χ1v) is 11.1. The van der Waals surface area contributed by atoms with Gasteiger partial charge in [0.15, 0.2) is 5.84 Å². The summed E-state index contributed by atoms with van der Waals surface area (Å²) >= 11 is 0. The van der Waals surface area contributed by atoms with Gasteiger partial charge in [-0.3, -0.25) is 4.79 Å². The Morgan fingerprint density at radius 1 is 0.867 bits per heavy atom. The molecule has 0 saturated carbocycles. The van der Waals surface area contributed by atoms with Gasteiger partial charge >= 0.3 is 0 Å². The fraction of sp³-hybridized carbons (Fsp3) is 0.130. The highest BCUT2D eigenvalue weighted by Gasteiger charge is 2.28. The molecule has 4 rings (SSSR count). The number of anilines is 1. The zero-order valence-corrected chi connectivity index (χ0v) is 17.0. The summed E-state index contributed by atoms with van der Waals surface area (Å²) < 4.78 is 28.1. The molecule has 2 N–H and O–H groups in total. The van der Waals surface area contributed by atoms with E-state index in [2.05, 4.69) is 27.2 Å². The number of rotatable bonds is 6. The van der Waals surface area contributed by atoms with Gasteiger partial charge in [0.2, 0.25) is 0 Å². The molecule has 1 heterocycles. The second kappa shape index (κ2) is 8.51. The number of amidine groups is 1. The molecule has 7 heteroatoms. The largest absolute Gasteiger partial charge is 0.352 e. The van der Waals surface area contributed by atoms with Gasteiger partial charge in [-0.15, -0.1) is 4.40 Å². The molecule has 0 spiro atoms. The van der Waals surface area contributed by atoms with Crippen LogP contribution >= 0.6 is 0 Å². The molecule has 0 unspecified atom stereocenters. The Labute approximate surface area is 175 Å². The van der Waals surface area contributed by atoms with Crippen LogP contribution in [0.2, 0.25) is 0 Å². The minimum atomic E-state index is -3.67. The van der Waals surface area contributed by atoms with Crippen molar-refractivity contribution in [2.24, 2.45) is 4.40 Å². The molecule has 0 radical (unpaired) electrons. The second-order valence-corrected chi connectivity index (χ2v) is 8.53. The minimum absolute atomic E-state index is 0.138. The normalized spacial score (nSPS) is 13.9. The Balaban J connectivity index is 1.34. The molecule has 0 fully saturated rings. The lowest BCUT2D eigenvalue weighted by Gasteiger charge is -2.08. The lowest BCUT2D eigenvalue weighted by molar-refractivity contribution is 0.0953. The van der Waals surface area contributed by atoms with Gasteiger partial charge in [-0.05, 0) is 54.8 Å². The highest BCUT2D eigenvalue weighted by atomic mass is 32.2. The number of carbonyl (C=O) groups is 1. The molecule has 152 valence electrons. The topological polar surface area (TPSA) is 87.6 Å².